The zero-order valence-electron chi connectivity index (χ0n) is 8.76. The van der Waals surface area contributed by atoms with Gasteiger partial charge in [0.05, 0.1) is 11.9 Å². The van der Waals surface area contributed by atoms with Gasteiger partial charge in [0.15, 0.2) is 0 Å². The molecule has 2 heterocycles. The van der Waals surface area contributed by atoms with Crippen LogP contribution in [0.3, 0.4) is 0 Å². The summed E-state index contributed by atoms with van der Waals surface area (Å²) >= 11 is 0. The predicted octanol–water partition coefficient (Wildman–Crippen LogP) is -0.357. The van der Waals surface area contributed by atoms with Crippen molar-refractivity contribution in [3.8, 4) is 0 Å². The first kappa shape index (κ1) is 11.3. The molecule has 0 bridgehead atoms. The molecule has 0 atom stereocenters. The summed E-state index contributed by atoms with van der Waals surface area (Å²) < 4.78 is 27.8. The van der Waals surface area contributed by atoms with Gasteiger partial charge in [0.2, 0.25) is 0 Å². The van der Waals surface area contributed by atoms with Crippen molar-refractivity contribution in [1.29, 1.82) is 0 Å². The first-order valence-corrected chi connectivity index (χ1v) is 6.51. The zero-order chi connectivity index (χ0) is 11.4. The van der Waals surface area contributed by atoms with E-state index in [-0.39, 0.29) is 0 Å². The van der Waals surface area contributed by atoms with Gasteiger partial charge in [-0.05, 0) is 12.1 Å². The minimum Gasteiger partial charge on any atom is -0.314 e. The van der Waals surface area contributed by atoms with Gasteiger partial charge in [0, 0.05) is 32.4 Å². The number of pyridine rings is 1. The van der Waals surface area contributed by atoms with Crippen molar-refractivity contribution in [2.75, 3.05) is 30.9 Å². The lowest BCUT2D eigenvalue weighted by molar-refractivity contribution is 0.362. The first-order chi connectivity index (χ1) is 7.68. The maximum atomic E-state index is 11.9. The first-order valence-electron chi connectivity index (χ1n) is 5.07. The van der Waals surface area contributed by atoms with Crippen LogP contribution in [0.25, 0.3) is 0 Å². The molecular weight excluding hydrogens is 228 g/mol. The van der Waals surface area contributed by atoms with Gasteiger partial charge in [-0.15, -0.1) is 0 Å². The number of nitrogens with zero attached hydrogens (tertiary/aromatic N) is 2. The lowest BCUT2D eigenvalue weighted by Crippen LogP contribution is -2.48. The third-order valence-electron chi connectivity index (χ3n) is 2.32. The maximum Gasteiger partial charge on any atom is 0.301 e. The molecule has 1 aromatic rings. The third-order valence-corrected chi connectivity index (χ3v) is 3.86. The molecule has 7 heteroatoms. The third kappa shape index (κ3) is 2.69. The van der Waals surface area contributed by atoms with Crippen LogP contribution in [0.4, 0.5) is 5.69 Å². The summed E-state index contributed by atoms with van der Waals surface area (Å²) in [6.45, 7) is 2.37. The van der Waals surface area contributed by atoms with Crippen molar-refractivity contribution in [1.82, 2.24) is 14.6 Å². The van der Waals surface area contributed by atoms with Gasteiger partial charge in [0.25, 0.3) is 0 Å². The van der Waals surface area contributed by atoms with E-state index in [2.05, 4.69) is 15.0 Å². The van der Waals surface area contributed by atoms with Gasteiger partial charge in [0.1, 0.15) is 0 Å². The molecule has 1 saturated heterocycles. The topological polar surface area (TPSA) is 74.3 Å². The molecule has 0 aromatic carbocycles. The van der Waals surface area contributed by atoms with E-state index >= 15 is 0 Å². The molecule has 0 unspecified atom stereocenters. The van der Waals surface area contributed by atoms with E-state index in [1.54, 1.807) is 18.3 Å². The fourth-order valence-electron chi connectivity index (χ4n) is 1.52. The monoisotopic (exact) mass is 242 g/mol. The number of anilines is 1. The highest BCUT2D eigenvalue weighted by Gasteiger charge is 2.23. The van der Waals surface area contributed by atoms with E-state index in [9.17, 15) is 8.42 Å². The van der Waals surface area contributed by atoms with Crippen molar-refractivity contribution in [3.05, 3.63) is 24.5 Å². The summed E-state index contributed by atoms with van der Waals surface area (Å²) in [6.07, 6.45) is 3.09. The van der Waals surface area contributed by atoms with Crippen LogP contribution < -0.4 is 10.0 Å². The standard InChI is InChI=1S/C9H14N4O2S/c14-16(15,13-6-4-10-5-7-13)12-9-2-1-3-11-8-9/h1-3,8,10,12H,4-7H2. The lowest BCUT2D eigenvalue weighted by Gasteiger charge is -2.26. The average Bonchev–Trinajstić information content (AvgIpc) is 2.31. The molecule has 2 rings (SSSR count). The number of rotatable bonds is 3. The molecule has 1 aliphatic rings. The molecule has 0 saturated carbocycles. The molecule has 0 aliphatic carbocycles. The quantitative estimate of drug-likeness (QED) is 0.759. The van der Waals surface area contributed by atoms with Gasteiger partial charge in [-0.2, -0.15) is 12.7 Å². The summed E-state index contributed by atoms with van der Waals surface area (Å²) in [5, 5.41) is 3.10. The Kier molecular flexibility index (Phi) is 3.37. The molecule has 2 N–H and O–H groups in total. The zero-order valence-corrected chi connectivity index (χ0v) is 9.57. The Hall–Kier alpha value is -1.18. The van der Waals surface area contributed by atoms with Crippen LogP contribution in [0.2, 0.25) is 0 Å². The smallest absolute Gasteiger partial charge is 0.301 e. The molecule has 0 radical (unpaired) electrons. The summed E-state index contributed by atoms with van der Waals surface area (Å²) in [7, 11) is -3.43. The van der Waals surface area contributed by atoms with E-state index in [4.69, 9.17) is 0 Å². The minimum absolute atomic E-state index is 0.487. The molecule has 16 heavy (non-hydrogen) atoms. The second-order valence-corrected chi connectivity index (χ2v) is 5.17. The largest absolute Gasteiger partial charge is 0.314 e. The van der Waals surface area contributed by atoms with E-state index in [0.717, 1.165) is 0 Å². The number of hydrogen-bond donors (Lipinski definition) is 2. The van der Waals surface area contributed by atoms with Crippen LogP contribution in [0.5, 0.6) is 0 Å². The molecular formula is C9H14N4O2S. The van der Waals surface area contributed by atoms with E-state index in [0.29, 0.717) is 31.9 Å². The highest BCUT2D eigenvalue weighted by Crippen LogP contribution is 2.09. The maximum absolute atomic E-state index is 11.9. The van der Waals surface area contributed by atoms with Crippen LogP contribution in [0, 0.1) is 0 Å². The van der Waals surface area contributed by atoms with Gasteiger partial charge >= 0.3 is 10.2 Å². The van der Waals surface area contributed by atoms with Crippen LogP contribution in [-0.4, -0.2) is 43.9 Å². The fourth-order valence-corrected chi connectivity index (χ4v) is 2.73. The summed E-state index contributed by atoms with van der Waals surface area (Å²) in [5.74, 6) is 0. The SMILES string of the molecule is O=S(=O)(Nc1cccnc1)N1CCNCC1. The van der Waals surface area contributed by atoms with Gasteiger partial charge in [-0.25, -0.2) is 0 Å². The Balaban J connectivity index is 2.08. The minimum atomic E-state index is -3.43. The van der Waals surface area contributed by atoms with Gasteiger partial charge in [-0.3, -0.25) is 9.71 Å². The Bertz CT molecular complexity index is 428. The van der Waals surface area contributed by atoms with E-state index in [1.165, 1.54) is 10.5 Å². The van der Waals surface area contributed by atoms with Crippen molar-refractivity contribution in [3.63, 3.8) is 0 Å². The Morgan fingerprint density at radius 1 is 1.38 bits per heavy atom. The molecule has 0 amide bonds. The van der Waals surface area contributed by atoms with Gasteiger partial charge < -0.3 is 5.32 Å². The van der Waals surface area contributed by atoms with Crippen molar-refractivity contribution in [2.45, 2.75) is 0 Å². The van der Waals surface area contributed by atoms with E-state index in [1.807, 2.05) is 0 Å². The molecule has 1 aliphatic heterocycles. The molecule has 0 spiro atoms. The molecule has 6 nitrogen and oxygen atoms in total. The van der Waals surface area contributed by atoms with Crippen molar-refractivity contribution in [2.24, 2.45) is 0 Å². The second kappa shape index (κ2) is 4.77. The van der Waals surface area contributed by atoms with Crippen LogP contribution in [0.15, 0.2) is 24.5 Å². The number of hydrogen-bond acceptors (Lipinski definition) is 4. The summed E-state index contributed by atoms with van der Waals surface area (Å²) in [5.41, 5.74) is 0.487. The summed E-state index contributed by atoms with van der Waals surface area (Å²) in [6, 6.07) is 3.36. The molecule has 1 fully saturated rings. The van der Waals surface area contributed by atoms with Crippen LogP contribution >= 0.6 is 0 Å². The fraction of sp³-hybridized carbons (Fsp3) is 0.444. The Morgan fingerprint density at radius 3 is 2.75 bits per heavy atom. The second-order valence-electron chi connectivity index (χ2n) is 3.50. The lowest BCUT2D eigenvalue weighted by atomic mass is 10.4. The average molecular weight is 242 g/mol. The highest BCUT2D eigenvalue weighted by atomic mass is 32.2. The Labute approximate surface area is 94.9 Å². The van der Waals surface area contributed by atoms with Crippen molar-refractivity contribution >= 4 is 15.9 Å². The van der Waals surface area contributed by atoms with Gasteiger partial charge in [-0.1, -0.05) is 0 Å². The predicted molar refractivity (Wildman–Crippen MR) is 61.2 cm³/mol. The molecule has 1 aromatic heterocycles. The Morgan fingerprint density at radius 2 is 2.12 bits per heavy atom. The van der Waals surface area contributed by atoms with Crippen LogP contribution in [-0.2, 0) is 10.2 Å². The van der Waals surface area contributed by atoms with E-state index < -0.39 is 10.2 Å². The summed E-state index contributed by atoms with van der Waals surface area (Å²) in [4.78, 5) is 3.86. The number of piperazine rings is 1. The number of aromatic nitrogens is 1. The highest BCUT2D eigenvalue weighted by molar-refractivity contribution is 7.90. The molecule has 88 valence electrons. The normalized spacial score (nSPS) is 18.2. The number of nitrogens with one attached hydrogen (secondary N) is 2. The van der Waals surface area contributed by atoms with Crippen LogP contribution in [0.1, 0.15) is 0 Å². The van der Waals surface area contributed by atoms with Crippen molar-refractivity contribution < 1.29 is 8.42 Å².